The van der Waals surface area contributed by atoms with Crippen molar-refractivity contribution in [3.05, 3.63) is 35.4 Å². The van der Waals surface area contributed by atoms with Gasteiger partial charge in [0, 0.05) is 39.0 Å². The Morgan fingerprint density at radius 3 is 2.81 bits per heavy atom. The number of carbonyl (C=O) groups is 1. The number of aromatic nitrogens is 3. The predicted octanol–water partition coefficient (Wildman–Crippen LogP) is 0.155. The Labute approximate surface area is 181 Å². The lowest BCUT2D eigenvalue weighted by Gasteiger charge is -2.26. The summed E-state index contributed by atoms with van der Waals surface area (Å²) in [6.07, 6.45) is 2.72. The second kappa shape index (κ2) is 9.33. The van der Waals surface area contributed by atoms with Crippen LogP contribution in [0.25, 0.3) is 0 Å². The highest BCUT2D eigenvalue weighted by molar-refractivity contribution is 7.89. The van der Waals surface area contributed by atoms with Crippen molar-refractivity contribution in [1.82, 2.24) is 24.4 Å². The first-order chi connectivity index (χ1) is 15.0. The minimum Gasteiger partial charge on any atom is -0.495 e. The van der Waals surface area contributed by atoms with E-state index in [1.807, 2.05) is 0 Å². The van der Waals surface area contributed by atoms with Crippen LogP contribution in [0.4, 0.5) is 0 Å². The van der Waals surface area contributed by atoms with Crippen molar-refractivity contribution in [2.45, 2.75) is 37.1 Å². The van der Waals surface area contributed by atoms with Gasteiger partial charge in [-0.1, -0.05) is 6.07 Å². The molecule has 0 aliphatic carbocycles. The van der Waals surface area contributed by atoms with Gasteiger partial charge >= 0.3 is 0 Å². The second-order valence-corrected chi connectivity index (χ2v) is 9.47. The van der Waals surface area contributed by atoms with E-state index in [0.29, 0.717) is 44.8 Å². The van der Waals surface area contributed by atoms with E-state index < -0.39 is 10.0 Å². The van der Waals surface area contributed by atoms with Crippen LogP contribution in [0.3, 0.4) is 0 Å². The Hall–Kier alpha value is -2.50. The number of nitrogens with one attached hydrogen (secondary N) is 1. The number of hydrogen-bond donors (Lipinski definition) is 1. The van der Waals surface area contributed by atoms with Crippen molar-refractivity contribution in [2.75, 3.05) is 40.0 Å². The van der Waals surface area contributed by atoms with Gasteiger partial charge in [-0.05, 0) is 24.1 Å². The summed E-state index contributed by atoms with van der Waals surface area (Å²) < 4.78 is 40.2. The fourth-order valence-electron chi connectivity index (χ4n) is 3.92. The van der Waals surface area contributed by atoms with E-state index in [2.05, 4.69) is 20.1 Å². The van der Waals surface area contributed by atoms with Crippen LogP contribution in [0.5, 0.6) is 5.75 Å². The number of benzene rings is 1. The smallest absolute Gasteiger partial charge is 0.246 e. The fraction of sp³-hybridized carbons (Fsp3) is 0.550. The molecule has 168 valence electrons. The van der Waals surface area contributed by atoms with Gasteiger partial charge in [0.05, 0.1) is 26.7 Å². The van der Waals surface area contributed by atoms with E-state index in [1.54, 1.807) is 12.1 Å². The molecule has 2 aliphatic rings. The van der Waals surface area contributed by atoms with Crippen LogP contribution in [-0.2, 0) is 45.4 Å². The lowest BCUT2D eigenvalue weighted by atomic mass is 10.1. The number of sulfonamides is 1. The zero-order chi connectivity index (χ0) is 21.8. The summed E-state index contributed by atoms with van der Waals surface area (Å²) in [6.45, 7) is 2.69. The van der Waals surface area contributed by atoms with Crippen LogP contribution in [0.1, 0.15) is 23.6 Å². The zero-order valence-electron chi connectivity index (χ0n) is 17.5. The Kier molecular flexibility index (Phi) is 6.54. The van der Waals surface area contributed by atoms with Gasteiger partial charge in [0.1, 0.15) is 22.3 Å². The van der Waals surface area contributed by atoms with E-state index in [9.17, 15) is 13.2 Å². The van der Waals surface area contributed by atoms with E-state index in [-0.39, 0.29) is 23.0 Å². The average molecular weight is 450 g/mol. The minimum atomic E-state index is -3.74. The molecule has 1 aromatic carbocycles. The van der Waals surface area contributed by atoms with Gasteiger partial charge in [0.15, 0.2) is 0 Å². The number of amides is 1. The van der Waals surface area contributed by atoms with Crippen LogP contribution in [0.15, 0.2) is 23.1 Å². The Balaban J connectivity index is 1.39. The summed E-state index contributed by atoms with van der Waals surface area (Å²) in [5, 5.41) is 11.2. The van der Waals surface area contributed by atoms with Gasteiger partial charge in [-0.25, -0.2) is 8.42 Å². The van der Waals surface area contributed by atoms with Crippen LogP contribution in [0.2, 0.25) is 0 Å². The molecule has 1 aromatic heterocycles. The minimum absolute atomic E-state index is 0.0706. The number of morpholine rings is 1. The summed E-state index contributed by atoms with van der Waals surface area (Å²) in [6, 6.07) is 4.83. The summed E-state index contributed by atoms with van der Waals surface area (Å²) >= 11 is 0. The molecule has 1 amide bonds. The molecule has 1 fully saturated rings. The van der Waals surface area contributed by atoms with Gasteiger partial charge in [0.25, 0.3) is 0 Å². The highest BCUT2D eigenvalue weighted by Gasteiger charge is 2.29. The Morgan fingerprint density at radius 1 is 1.23 bits per heavy atom. The highest BCUT2D eigenvalue weighted by atomic mass is 32.2. The molecular weight excluding hydrogens is 422 g/mol. The average Bonchev–Trinajstić information content (AvgIpc) is 3.39. The molecule has 1 N–H and O–H groups in total. The van der Waals surface area contributed by atoms with E-state index in [0.717, 1.165) is 31.0 Å². The molecular formula is C20H27N5O5S. The third-order valence-electron chi connectivity index (χ3n) is 5.54. The molecule has 0 saturated carbocycles. The van der Waals surface area contributed by atoms with Gasteiger partial charge in [0.2, 0.25) is 15.9 Å². The number of fused-ring (bicyclic) bond motifs is 1. The van der Waals surface area contributed by atoms with Crippen molar-refractivity contribution in [1.29, 1.82) is 0 Å². The third-order valence-corrected chi connectivity index (χ3v) is 7.46. The second-order valence-electron chi connectivity index (χ2n) is 7.57. The number of carbonyl (C=O) groups excluding carboxylic acids is 1. The molecule has 4 rings (SSSR count). The first-order valence-corrected chi connectivity index (χ1v) is 11.9. The normalized spacial score (nSPS) is 16.8. The van der Waals surface area contributed by atoms with E-state index in [1.165, 1.54) is 17.5 Å². The standard InChI is InChI=1S/C20H27N5O5S/c1-29-16-5-4-15(13-17(16)31(27,28)24-9-11-30-12-10-24)14-20(26)21-7-6-19-23-22-18-3-2-8-25(18)19/h4-5,13H,2-3,6-12,14H2,1H3,(H,21,26). The zero-order valence-corrected chi connectivity index (χ0v) is 18.4. The summed E-state index contributed by atoms with van der Waals surface area (Å²) in [5.41, 5.74) is 0.605. The summed E-state index contributed by atoms with van der Waals surface area (Å²) in [5.74, 6) is 1.97. The van der Waals surface area contributed by atoms with Gasteiger partial charge in [-0.2, -0.15) is 4.31 Å². The monoisotopic (exact) mass is 449 g/mol. The van der Waals surface area contributed by atoms with Crippen LogP contribution < -0.4 is 10.1 Å². The molecule has 0 unspecified atom stereocenters. The lowest BCUT2D eigenvalue weighted by molar-refractivity contribution is -0.120. The maximum absolute atomic E-state index is 13.1. The summed E-state index contributed by atoms with van der Waals surface area (Å²) in [4.78, 5) is 12.5. The molecule has 3 heterocycles. The topological polar surface area (TPSA) is 116 Å². The summed E-state index contributed by atoms with van der Waals surface area (Å²) in [7, 11) is -2.31. The van der Waals surface area contributed by atoms with E-state index >= 15 is 0 Å². The van der Waals surface area contributed by atoms with Crippen LogP contribution in [-0.4, -0.2) is 73.4 Å². The first kappa shape index (κ1) is 21.7. The number of nitrogens with zero attached hydrogens (tertiary/aromatic N) is 4. The van der Waals surface area contributed by atoms with Crippen LogP contribution in [0, 0.1) is 0 Å². The number of ether oxygens (including phenoxy) is 2. The molecule has 0 spiro atoms. The number of rotatable bonds is 8. The Morgan fingerprint density at radius 2 is 2.03 bits per heavy atom. The lowest BCUT2D eigenvalue weighted by Crippen LogP contribution is -2.40. The number of hydrogen-bond acceptors (Lipinski definition) is 7. The van der Waals surface area contributed by atoms with Crippen molar-refractivity contribution >= 4 is 15.9 Å². The van der Waals surface area contributed by atoms with Crippen LogP contribution >= 0.6 is 0 Å². The van der Waals surface area contributed by atoms with Crippen molar-refractivity contribution in [3.8, 4) is 5.75 Å². The maximum Gasteiger partial charge on any atom is 0.246 e. The van der Waals surface area contributed by atoms with Crippen molar-refractivity contribution in [3.63, 3.8) is 0 Å². The molecule has 1 saturated heterocycles. The third kappa shape index (κ3) is 4.73. The number of aryl methyl sites for hydroxylation is 1. The molecule has 10 nitrogen and oxygen atoms in total. The highest BCUT2D eigenvalue weighted by Crippen LogP contribution is 2.28. The predicted molar refractivity (Wildman–Crippen MR) is 111 cm³/mol. The molecule has 2 aromatic rings. The maximum atomic E-state index is 13.1. The molecule has 11 heteroatoms. The molecule has 0 bridgehead atoms. The molecule has 0 radical (unpaired) electrons. The van der Waals surface area contributed by atoms with Gasteiger partial charge in [-0.15, -0.1) is 10.2 Å². The van der Waals surface area contributed by atoms with Crippen molar-refractivity contribution < 1.29 is 22.7 Å². The molecule has 31 heavy (non-hydrogen) atoms. The number of methoxy groups -OCH3 is 1. The largest absolute Gasteiger partial charge is 0.495 e. The fourth-order valence-corrected chi connectivity index (χ4v) is 5.53. The molecule has 0 atom stereocenters. The Bertz CT molecular complexity index is 1050. The van der Waals surface area contributed by atoms with E-state index in [4.69, 9.17) is 9.47 Å². The van der Waals surface area contributed by atoms with Gasteiger partial charge < -0.3 is 19.4 Å². The van der Waals surface area contributed by atoms with Crippen molar-refractivity contribution in [2.24, 2.45) is 0 Å². The SMILES string of the molecule is COc1ccc(CC(=O)NCCc2nnc3n2CCC3)cc1S(=O)(=O)N1CCOCC1. The first-order valence-electron chi connectivity index (χ1n) is 10.4. The quantitative estimate of drug-likeness (QED) is 0.610. The van der Waals surface area contributed by atoms with Gasteiger partial charge in [-0.3, -0.25) is 4.79 Å². The molecule has 2 aliphatic heterocycles.